The van der Waals surface area contributed by atoms with E-state index in [0.29, 0.717) is 5.95 Å². The number of nitrogens with zero attached hydrogens (tertiary/aromatic N) is 4. The molecule has 0 amide bonds. The van der Waals surface area contributed by atoms with Crippen molar-refractivity contribution in [3.8, 4) is 45.3 Å². The van der Waals surface area contributed by atoms with Crippen LogP contribution in [0.3, 0.4) is 0 Å². The number of aromatic nitrogens is 4. The van der Waals surface area contributed by atoms with Gasteiger partial charge in [-0.05, 0) is 59.7 Å². The summed E-state index contributed by atoms with van der Waals surface area (Å²) in [5, 5.41) is 6.93. The van der Waals surface area contributed by atoms with E-state index in [4.69, 9.17) is 14.4 Å². The normalized spacial score (nSPS) is 11.9. The first-order valence-corrected chi connectivity index (χ1v) is 19.3. The third kappa shape index (κ3) is 4.82. The maximum atomic E-state index is 6.56. The number of furan rings is 1. The highest BCUT2D eigenvalue weighted by Gasteiger charge is 2.21. The van der Waals surface area contributed by atoms with E-state index in [0.717, 1.165) is 88.7 Å². The topological polar surface area (TPSA) is 48.8 Å². The van der Waals surface area contributed by atoms with Crippen LogP contribution in [0.1, 0.15) is 0 Å². The predicted octanol–water partition coefficient (Wildman–Crippen LogP) is 13.6. The summed E-state index contributed by atoms with van der Waals surface area (Å²) in [6, 6.07) is 68.3. The van der Waals surface area contributed by atoms with Gasteiger partial charge in [-0.15, -0.1) is 0 Å². The average molecular weight is 729 g/mol. The molecular weight excluding hydrogens is 697 g/mol. The highest BCUT2D eigenvalue weighted by atomic mass is 16.3. The second-order valence-corrected chi connectivity index (χ2v) is 14.6. The van der Waals surface area contributed by atoms with Crippen molar-refractivity contribution in [2.24, 2.45) is 0 Å². The largest absolute Gasteiger partial charge is 0.454 e. The Morgan fingerprint density at radius 2 is 0.947 bits per heavy atom. The number of fused-ring (bicyclic) bond motifs is 9. The van der Waals surface area contributed by atoms with E-state index in [2.05, 4.69) is 179 Å². The standard InChI is InChI=1S/C52H32N4O/c1-3-15-33(16-4-1)42-32-43(34-17-5-2-6-18-34)54-52(53-42)56-45-25-11-8-21-40(45)50-36(22-13-26-47(50)56)35-29-30-46-41(31-35)37-19-7-10-24-44(37)55(46)48-27-14-23-39-38-20-9-12-28-49(38)57-51(39)48/h1-32H. The van der Waals surface area contributed by atoms with Gasteiger partial charge in [0.1, 0.15) is 5.58 Å². The Hall–Kier alpha value is -7.76. The summed E-state index contributed by atoms with van der Waals surface area (Å²) in [4.78, 5) is 10.5. The first-order chi connectivity index (χ1) is 28.3. The molecule has 0 fully saturated rings. The summed E-state index contributed by atoms with van der Waals surface area (Å²) in [5.74, 6) is 0.636. The lowest BCUT2D eigenvalue weighted by atomic mass is 9.98. The van der Waals surface area contributed by atoms with E-state index in [-0.39, 0.29) is 0 Å². The van der Waals surface area contributed by atoms with Crippen molar-refractivity contribution in [3.63, 3.8) is 0 Å². The number of para-hydroxylation sites is 4. The van der Waals surface area contributed by atoms with Gasteiger partial charge in [-0.3, -0.25) is 4.57 Å². The fourth-order valence-electron chi connectivity index (χ4n) is 8.83. The highest BCUT2D eigenvalue weighted by Crippen LogP contribution is 2.42. The van der Waals surface area contributed by atoms with Crippen LogP contribution in [0.15, 0.2) is 199 Å². The first-order valence-electron chi connectivity index (χ1n) is 19.3. The molecule has 0 aliphatic carbocycles. The number of benzene rings is 8. The lowest BCUT2D eigenvalue weighted by molar-refractivity contribution is 0.666. The molecule has 12 rings (SSSR count). The second kappa shape index (κ2) is 12.4. The zero-order chi connectivity index (χ0) is 37.5. The van der Waals surface area contributed by atoms with E-state index in [9.17, 15) is 0 Å². The summed E-state index contributed by atoms with van der Waals surface area (Å²) < 4.78 is 11.1. The molecule has 5 nitrogen and oxygen atoms in total. The Kier molecular flexibility index (Phi) is 6.86. The van der Waals surface area contributed by atoms with Crippen molar-refractivity contribution in [1.82, 2.24) is 19.1 Å². The molecule has 4 aromatic heterocycles. The van der Waals surface area contributed by atoms with Crippen LogP contribution in [0.5, 0.6) is 0 Å². The van der Waals surface area contributed by atoms with Gasteiger partial charge in [0.05, 0.1) is 39.1 Å². The summed E-state index contributed by atoms with van der Waals surface area (Å²) in [7, 11) is 0. The summed E-state index contributed by atoms with van der Waals surface area (Å²) in [6.45, 7) is 0. The Bertz CT molecular complexity index is 3460. The zero-order valence-electron chi connectivity index (χ0n) is 30.7. The van der Waals surface area contributed by atoms with Crippen LogP contribution >= 0.6 is 0 Å². The van der Waals surface area contributed by atoms with Gasteiger partial charge in [0.25, 0.3) is 0 Å². The molecule has 0 aliphatic heterocycles. The molecule has 0 spiro atoms. The van der Waals surface area contributed by atoms with E-state index >= 15 is 0 Å². The molecule has 266 valence electrons. The molecule has 8 aromatic carbocycles. The van der Waals surface area contributed by atoms with Gasteiger partial charge in [-0.25, -0.2) is 9.97 Å². The SMILES string of the molecule is c1ccc(-c2cc(-c3ccccc3)nc(-n3c4ccccc4c4c(-c5ccc6c(c5)c5ccccc5n6-c5cccc6c5oc5ccccc56)cccc43)n2)cc1. The fourth-order valence-corrected chi connectivity index (χ4v) is 8.83. The third-order valence-corrected chi connectivity index (χ3v) is 11.4. The monoisotopic (exact) mass is 728 g/mol. The maximum absolute atomic E-state index is 6.56. The highest BCUT2D eigenvalue weighted by molar-refractivity contribution is 6.18. The molecule has 0 saturated carbocycles. The number of rotatable bonds is 5. The molecule has 0 atom stereocenters. The maximum Gasteiger partial charge on any atom is 0.235 e. The van der Waals surface area contributed by atoms with Gasteiger partial charge >= 0.3 is 0 Å². The minimum Gasteiger partial charge on any atom is -0.454 e. The lowest BCUT2D eigenvalue weighted by Gasteiger charge is -2.12. The van der Waals surface area contributed by atoms with Crippen LogP contribution in [0, 0.1) is 0 Å². The fraction of sp³-hybridized carbons (Fsp3) is 0. The summed E-state index contributed by atoms with van der Waals surface area (Å²) >= 11 is 0. The van der Waals surface area contributed by atoms with Crippen molar-refractivity contribution in [2.75, 3.05) is 0 Å². The van der Waals surface area contributed by atoms with E-state index < -0.39 is 0 Å². The van der Waals surface area contributed by atoms with Gasteiger partial charge in [0.2, 0.25) is 5.95 Å². The lowest BCUT2D eigenvalue weighted by Crippen LogP contribution is -2.04. The molecular formula is C52H32N4O. The third-order valence-electron chi connectivity index (χ3n) is 11.4. The van der Waals surface area contributed by atoms with Crippen LogP contribution in [-0.2, 0) is 0 Å². The van der Waals surface area contributed by atoms with Crippen LogP contribution in [0.4, 0.5) is 0 Å². The molecule has 0 N–H and O–H groups in total. The van der Waals surface area contributed by atoms with Gasteiger partial charge < -0.3 is 8.98 Å². The zero-order valence-corrected chi connectivity index (χ0v) is 30.7. The van der Waals surface area contributed by atoms with Crippen molar-refractivity contribution < 1.29 is 4.42 Å². The van der Waals surface area contributed by atoms with Crippen molar-refractivity contribution >= 4 is 65.6 Å². The quantitative estimate of drug-likeness (QED) is 0.177. The summed E-state index contributed by atoms with van der Waals surface area (Å²) in [6.07, 6.45) is 0. The predicted molar refractivity (Wildman–Crippen MR) is 234 cm³/mol. The molecule has 0 radical (unpaired) electrons. The number of hydrogen-bond acceptors (Lipinski definition) is 3. The van der Waals surface area contributed by atoms with Crippen molar-refractivity contribution in [2.45, 2.75) is 0 Å². The average Bonchev–Trinajstić information content (AvgIpc) is 3.95. The molecule has 0 aliphatic rings. The Labute approximate surface area is 327 Å². The van der Waals surface area contributed by atoms with E-state index in [1.165, 1.54) is 16.2 Å². The molecule has 5 heteroatoms. The van der Waals surface area contributed by atoms with Crippen molar-refractivity contribution in [3.05, 3.63) is 194 Å². The van der Waals surface area contributed by atoms with Gasteiger partial charge in [0.15, 0.2) is 5.58 Å². The van der Waals surface area contributed by atoms with Crippen molar-refractivity contribution in [1.29, 1.82) is 0 Å². The van der Waals surface area contributed by atoms with Crippen LogP contribution in [0.25, 0.3) is 111 Å². The van der Waals surface area contributed by atoms with E-state index in [1.807, 2.05) is 24.3 Å². The van der Waals surface area contributed by atoms with Gasteiger partial charge in [0, 0.05) is 43.4 Å². The van der Waals surface area contributed by atoms with Crippen LogP contribution < -0.4 is 0 Å². The van der Waals surface area contributed by atoms with E-state index in [1.54, 1.807) is 0 Å². The second-order valence-electron chi connectivity index (χ2n) is 14.6. The van der Waals surface area contributed by atoms with Crippen LogP contribution in [0.2, 0.25) is 0 Å². The first kappa shape index (κ1) is 31.6. The molecule has 0 saturated heterocycles. The number of hydrogen-bond donors (Lipinski definition) is 0. The van der Waals surface area contributed by atoms with Crippen LogP contribution in [-0.4, -0.2) is 19.1 Å². The Balaban J connectivity index is 1.09. The Morgan fingerprint density at radius 1 is 0.368 bits per heavy atom. The minimum absolute atomic E-state index is 0.636. The van der Waals surface area contributed by atoms with Gasteiger partial charge in [-0.1, -0.05) is 146 Å². The van der Waals surface area contributed by atoms with Gasteiger partial charge in [-0.2, -0.15) is 0 Å². The molecule has 12 aromatic rings. The molecule has 0 unspecified atom stereocenters. The molecule has 0 bridgehead atoms. The molecule has 57 heavy (non-hydrogen) atoms. The smallest absolute Gasteiger partial charge is 0.235 e. The molecule has 4 heterocycles. The Morgan fingerprint density at radius 3 is 1.70 bits per heavy atom. The minimum atomic E-state index is 0.636. The summed E-state index contributed by atoms with van der Waals surface area (Å²) in [5.41, 5.74) is 13.3.